The van der Waals surface area contributed by atoms with E-state index in [0.717, 1.165) is 37.7 Å². The highest BCUT2D eigenvalue weighted by Gasteiger charge is 2.00. The molecule has 2 aromatic rings. The van der Waals surface area contributed by atoms with Crippen LogP contribution >= 0.6 is 35.3 Å². The standard InChI is InChI=1S/C16H19N3OS.HI/c1-2-9-17-16(18-10-7-14-5-3-12-20-14)19-11-8-15-6-4-13-21-15;/h1,3-6,12-13H,7-11H2,(H2,17,18,19);1H. The molecule has 118 valence electrons. The second-order valence-corrected chi connectivity index (χ2v) is 5.41. The number of nitrogens with one attached hydrogen (secondary N) is 2. The largest absolute Gasteiger partial charge is 0.469 e. The van der Waals surface area contributed by atoms with Crippen LogP contribution in [0.3, 0.4) is 0 Å². The fourth-order valence-corrected chi connectivity index (χ4v) is 2.50. The molecule has 0 aromatic carbocycles. The van der Waals surface area contributed by atoms with Crippen LogP contribution < -0.4 is 10.6 Å². The molecule has 0 bridgehead atoms. The highest BCUT2D eigenvalue weighted by atomic mass is 127. The van der Waals surface area contributed by atoms with Gasteiger partial charge in [-0.05, 0) is 23.6 Å². The Morgan fingerprint density at radius 2 is 2.18 bits per heavy atom. The van der Waals surface area contributed by atoms with E-state index in [4.69, 9.17) is 10.8 Å². The van der Waals surface area contributed by atoms with E-state index in [9.17, 15) is 0 Å². The molecule has 0 aliphatic heterocycles. The van der Waals surface area contributed by atoms with Gasteiger partial charge in [0.05, 0.1) is 12.8 Å². The van der Waals surface area contributed by atoms with Crippen molar-refractivity contribution in [2.75, 3.05) is 19.6 Å². The summed E-state index contributed by atoms with van der Waals surface area (Å²) in [5.41, 5.74) is 0. The fourth-order valence-electron chi connectivity index (χ4n) is 1.80. The highest BCUT2D eigenvalue weighted by Crippen LogP contribution is 2.08. The zero-order valence-electron chi connectivity index (χ0n) is 12.2. The summed E-state index contributed by atoms with van der Waals surface area (Å²) in [5.74, 6) is 4.26. The number of thiophene rings is 1. The van der Waals surface area contributed by atoms with Crippen LogP contribution in [0.25, 0.3) is 0 Å². The molecule has 4 nitrogen and oxygen atoms in total. The first-order chi connectivity index (χ1) is 10.4. The molecule has 0 radical (unpaired) electrons. The van der Waals surface area contributed by atoms with Crippen molar-refractivity contribution < 1.29 is 4.42 Å². The van der Waals surface area contributed by atoms with Gasteiger partial charge in [-0.15, -0.1) is 41.7 Å². The van der Waals surface area contributed by atoms with E-state index < -0.39 is 0 Å². The second kappa shape index (κ2) is 11.2. The molecule has 0 fully saturated rings. The van der Waals surface area contributed by atoms with Crippen LogP contribution in [0.15, 0.2) is 45.3 Å². The van der Waals surface area contributed by atoms with Crippen LogP contribution in [0.5, 0.6) is 0 Å². The van der Waals surface area contributed by atoms with E-state index in [1.54, 1.807) is 17.6 Å². The number of guanidine groups is 1. The number of rotatable bonds is 7. The predicted octanol–water partition coefficient (Wildman–Crippen LogP) is 2.91. The molecule has 0 saturated carbocycles. The zero-order chi connectivity index (χ0) is 14.8. The van der Waals surface area contributed by atoms with Gasteiger partial charge in [-0.1, -0.05) is 12.0 Å². The predicted molar refractivity (Wildman–Crippen MR) is 103 cm³/mol. The summed E-state index contributed by atoms with van der Waals surface area (Å²) in [6.07, 6.45) is 8.72. The molecule has 0 aliphatic rings. The Morgan fingerprint density at radius 3 is 2.86 bits per heavy atom. The third kappa shape index (κ3) is 7.00. The van der Waals surface area contributed by atoms with Crippen LogP contribution in [0.2, 0.25) is 0 Å². The molecule has 2 heterocycles. The van der Waals surface area contributed by atoms with Gasteiger partial charge in [0.25, 0.3) is 0 Å². The van der Waals surface area contributed by atoms with Crippen LogP contribution in [0.1, 0.15) is 10.6 Å². The lowest BCUT2D eigenvalue weighted by atomic mass is 10.3. The van der Waals surface area contributed by atoms with Crippen molar-refractivity contribution in [1.82, 2.24) is 10.6 Å². The lowest BCUT2D eigenvalue weighted by Crippen LogP contribution is -2.38. The average molecular weight is 429 g/mol. The Kier molecular flexibility index (Phi) is 9.42. The SMILES string of the molecule is C#CCNC(=NCCc1cccs1)NCCc1ccco1.I. The Labute approximate surface area is 152 Å². The van der Waals surface area contributed by atoms with E-state index in [1.165, 1.54) is 4.88 Å². The van der Waals surface area contributed by atoms with Gasteiger partial charge in [0.1, 0.15) is 5.76 Å². The number of hydrogen-bond acceptors (Lipinski definition) is 3. The van der Waals surface area contributed by atoms with E-state index in [0.29, 0.717) is 6.54 Å². The van der Waals surface area contributed by atoms with Crippen LogP contribution in [0.4, 0.5) is 0 Å². The van der Waals surface area contributed by atoms with Crippen molar-refractivity contribution in [1.29, 1.82) is 0 Å². The number of furan rings is 1. The smallest absolute Gasteiger partial charge is 0.192 e. The quantitative estimate of drug-likeness (QED) is 0.308. The van der Waals surface area contributed by atoms with Crippen molar-refractivity contribution in [3.63, 3.8) is 0 Å². The number of nitrogens with zero attached hydrogens (tertiary/aromatic N) is 1. The summed E-state index contributed by atoms with van der Waals surface area (Å²) in [4.78, 5) is 5.87. The summed E-state index contributed by atoms with van der Waals surface area (Å²) in [7, 11) is 0. The van der Waals surface area contributed by atoms with E-state index in [-0.39, 0.29) is 24.0 Å². The van der Waals surface area contributed by atoms with Gasteiger partial charge in [0, 0.05) is 30.8 Å². The summed E-state index contributed by atoms with van der Waals surface area (Å²) in [6.45, 7) is 1.95. The van der Waals surface area contributed by atoms with Crippen molar-refractivity contribution in [3.8, 4) is 12.3 Å². The first-order valence-corrected chi connectivity index (χ1v) is 7.77. The molecule has 0 aliphatic carbocycles. The number of halogens is 1. The Bertz CT molecular complexity index is 573. The minimum Gasteiger partial charge on any atom is -0.469 e. The molecular formula is C16H20IN3OS. The average Bonchev–Trinajstić information content (AvgIpc) is 3.17. The lowest BCUT2D eigenvalue weighted by Gasteiger charge is -2.10. The van der Waals surface area contributed by atoms with Crippen molar-refractivity contribution in [2.45, 2.75) is 12.8 Å². The maximum atomic E-state index is 5.30. The first-order valence-electron chi connectivity index (χ1n) is 6.89. The molecule has 2 N–H and O–H groups in total. The lowest BCUT2D eigenvalue weighted by molar-refractivity contribution is 0.507. The minimum absolute atomic E-state index is 0. The molecule has 0 spiro atoms. The van der Waals surface area contributed by atoms with Gasteiger partial charge in [-0.25, -0.2) is 0 Å². The van der Waals surface area contributed by atoms with Crippen molar-refractivity contribution in [3.05, 3.63) is 46.5 Å². The van der Waals surface area contributed by atoms with Gasteiger partial charge in [0.15, 0.2) is 5.96 Å². The van der Waals surface area contributed by atoms with Crippen molar-refractivity contribution in [2.24, 2.45) is 4.99 Å². The van der Waals surface area contributed by atoms with E-state index >= 15 is 0 Å². The zero-order valence-corrected chi connectivity index (χ0v) is 15.4. The van der Waals surface area contributed by atoms with Crippen LogP contribution in [-0.2, 0) is 12.8 Å². The van der Waals surface area contributed by atoms with Crippen molar-refractivity contribution >= 4 is 41.3 Å². The molecule has 22 heavy (non-hydrogen) atoms. The van der Waals surface area contributed by atoms with Gasteiger partial charge < -0.3 is 15.1 Å². The highest BCUT2D eigenvalue weighted by molar-refractivity contribution is 14.0. The molecule has 6 heteroatoms. The van der Waals surface area contributed by atoms with Gasteiger partial charge >= 0.3 is 0 Å². The monoisotopic (exact) mass is 429 g/mol. The molecule has 2 aromatic heterocycles. The van der Waals surface area contributed by atoms with E-state index in [2.05, 4.69) is 39.1 Å². The summed E-state index contributed by atoms with van der Waals surface area (Å²) in [6, 6.07) is 8.04. The van der Waals surface area contributed by atoms with Gasteiger partial charge in [0.2, 0.25) is 0 Å². The summed E-state index contributed by atoms with van der Waals surface area (Å²) < 4.78 is 5.30. The molecular weight excluding hydrogens is 409 g/mol. The van der Waals surface area contributed by atoms with E-state index in [1.807, 2.05) is 12.1 Å². The minimum atomic E-state index is 0. The number of aliphatic imine (C=N–C) groups is 1. The number of hydrogen-bond donors (Lipinski definition) is 2. The fraction of sp³-hybridized carbons (Fsp3) is 0.312. The topological polar surface area (TPSA) is 49.6 Å². The number of terminal acetylenes is 1. The molecule has 2 rings (SSSR count). The Balaban J connectivity index is 0.00000242. The van der Waals surface area contributed by atoms with Gasteiger partial charge in [-0.3, -0.25) is 4.99 Å². The Morgan fingerprint density at radius 1 is 1.27 bits per heavy atom. The first kappa shape index (κ1) is 18.6. The Hall–Kier alpha value is -1.46. The third-order valence-electron chi connectivity index (χ3n) is 2.81. The molecule has 0 unspecified atom stereocenters. The van der Waals surface area contributed by atoms with Gasteiger partial charge in [-0.2, -0.15) is 0 Å². The van der Waals surface area contributed by atoms with Crippen LogP contribution in [0, 0.1) is 12.3 Å². The third-order valence-corrected chi connectivity index (χ3v) is 3.75. The maximum Gasteiger partial charge on any atom is 0.192 e. The molecule has 0 amide bonds. The molecule has 0 atom stereocenters. The summed E-state index contributed by atoms with van der Waals surface area (Å²) in [5, 5.41) is 8.45. The second-order valence-electron chi connectivity index (χ2n) is 4.37. The molecule has 0 saturated heterocycles. The normalized spacial score (nSPS) is 10.6. The maximum absolute atomic E-state index is 5.30. The summed E-state index contributed by atoms with van der Waals surface area (Å²) >= 11 is 1.75. The van der Waals surface area contributed by atoms with Crippen LogP contribution in [-0.4, -0.2) is 25.6 Å².